The van der Waals surface area contributed by atoms with Gasteiger partial charge in [-0.25, -0.2) is 4.98 Å². The van der Waals surface area contributed by atoms with Crippen molar-refractivity contribution in [1.82, 2.24) is 9.88 Å². The molecule has 13 heavy (non-hydrogen) atoms. The third-order valence-electron chi connectivity index (χ3n) is 2.18. The predicted octanol–water partition coefficient (Wildman–Crippen LogP) is -0.320. The standard InChI is InChI=1S/C8H12N2O2S/c11-6-3-10(4-7(6)12)5-8-9-1-2-13-8/h1-2,6-7,11-12H,3-5H2/t6-,7+. The van der Waals surface area contributed by atoms with Crippen LogP contribution in [0.4, 0.5) is 0 Å². The average molecular weight is 200 g/mol. The maximum absolute atomic E-state index is 9.29. The number of hydrogen-bond donors (Lipinski definition) is 2. The number of hydrogen-bond acceptors (Lipinski definition) is 5. The summed E-state index contributed by atoms with van der Waals surface area (Å²) in [5, 5.41) is 21.5. The van der Waals surface area contributed by atoms with Crippen LogP contribution in [0.1, 0.15) is 5.01 Å². The van der Waals surface area contributed by atoms with E-state index in [4.69, 9.17) is 0 Å². The average Bonchev–Trinajstić information content (AvgIpc) is 2.64. The van der Waals surface area contributed by atoms with Gasteiger partial charge in [0.2, 0.25) is 0 Å². The molecule has 0 aliphatic carbocycles. The zero-order chi connectivity index (χ0) is 9.26. The van der Waals surface area contributed by atoms with Crippen molar-refractivity contribution in [3.05, 3.63) is 16.6 Å². The van der Waals surface area contributed by atoms with Gasteiger partial charge >= 0.3 is 0 Å². The molecule has 2 rings (SSSR count). The van der Waals surface area contributed by atoms with Gasteiger partial charge in [-0.2, -0.15) is 0 Å². The van der Waals surface area contributed by atoms with Crippen LogP contribution in [-0.4, -0.2) is 45.4 Å². The van der Waals surface area contributed by atoms with E-state index < -0.39 is 12.2 Å². The molecule has 1 aliphatic heterocycles. The third kappa shape index (κ3) is 2.05. The number of rotatable bonds is 2. The van der Waals surface area contributed by atoms with Crippen molar-refractivity contribution in [3.8, 4) is 0 Å². The van der Waals surface area contributed by atoms with Crippen LogP contribution in [0.3, 0.4) is 0 Å². The topological polar surface area (TPSA) is 56.6 Å². The highest BCUT2D eigenvalue weighted by Gasteiger charge is 2.29. The van der Waals surface area contributed by atoms with Gasteiger partial charge in [-0.15, -0.1) is 11.3 Å². The van der Waals surface area contributed by atoms with Crippen molar-refractivity contribution in [2.75, 3.05) is 13.1 Å². The molecule has 1 fully saturated rings. The zero-order valence-corrected chi connectivity index (χ0v) is 7.94. The van der Waals surface area contributed by atoms with Crippen LogP contribution in [0.5, 0.6) is 0 Å². The van der Waals surface area contributed by atoms with Crippen LogP contribution in [-0.2, 0) is 6.54 Å². The van der Waals surface area contributed by atoms with Gasteiger partial charge in [0, 0.05) is 24.7 Å². The molecular weight excluding hydrogens is 188 g/mol. The smallest absolute Gasteiger partial charge is 0.107 e. The van der Waals surface area contributed by atoms with Gasteiger partial charge in [-0.3, -0.25) is 4.90 Å². The van der Waals surface area contributed by atoms with Crippen LogP contribution in [0.25, 0.3) is 0 Å². The van der Waals surface area contributed by atoms with Crippen LogP contribution in [0.15, 0.2) is 11.6 Å². The summed E-state index contributed by atoms with van der Waals surface area (Å²) in [6.45, 7) is 1.81. The first kappa shape index (κ1) is 9.08. The molecule has 1 saturated heterocycles. The lowest BCUT2D eigenvalue weighted by Gasteiger charge is -2.11. The Morgan fingerprint density at radius 2 is 2.15 bits per heavy atom. The van der Waals surface area contributed by atoms with E-state index in [1.807, 2.05) is 10.3 Å². The molecule has 0 bridgehead atoms. The number of thiazole rings is 1. The van der Waals surface area contributed by atoms with E-state index in [9.17, 15) is 10.2 Å². The monoisotopic (exact) mass is 200 g/mol. The Kier molecular flexibility index (Phi) is 2.59. The Morgan fingerprint density at radius 3 is 2.69 bits per heavy atom. The lowest BCUT2D eigenvalue weighted by Crippen LogP contribution is -2.22. The highest BCUT2D eigenvalue weighted by atomic mass is 32.1. The summed E-state index contributed by atoms with van der Waals surface area (Å²) in [6, 6.07) is 0. The third-order valence-corrected chi connectivity index (χ3v) is 2.94. The minimum Gasteiger partial charge on any atom is -0.389 e. The maximum atomic E-state index is 9.29. The van der Waals surface area contributed by atoms with Gasteiger partial charge in [-0.1, -0.05) is 0 Å². The Hall–Kier alpha value is -0.490. The van der Waals surface area contributed by atoms with Crippen molar-refractivity contribution >= 4 is 11.3 Å². The molecule has 72 valence electrons. The molecule has 4 nitrogen and oxygen atoms in total. The number of β-amino-alcohol motifs (C(OH)–C–C–N with tert-alkyl or cyclic N) is 2. The molecule has 0 amide bonds. The fourth-order valence-corrected chi connectivity index (χ4v) is 2.16. The van der Waals surface area contributed by atoms with Crippen LogP contribution < -0.4 is 0 Å². The second-order valence-corrected chi connectivity index (χ2v) is 4.23. The molecule has 1 aliphatic rings. The first-order chi connectivity index (χ1) is 6.25. The van der Waals surface area contributed by atoms with Crippen molar-refractivity contribution in [3.63, 3.8) is 0 Å². The van der Waals surface area contributed by atoms with Crippen molar-refractivity contribution < 1.29 is 10.2 Å². The molecule has 0 saturated carbocycles. The molecule has 0 aromatic carbocycles. The quantitative estimate of drug-likeness (QED) is 0.687. The number of likely N-dealkylation sites (tertiary alicyclic amines) is 1. The Bertz CT molecular complexity index is 255. The maximum Gasteiger partial charge on any atom is 0.107 e. The van der Waals surface area contributed by atoms with Crippen LogP contribution in [0, 0.1) is 0 Å². The summed E-state index contributed by atoms with van der Waals surface area (Å²) in [4.78, 5) is 6.15. The van der Waals surface area contributed by atoms with Gasteiger partial charge in [-0.05, 0) is 0 Å². The van der Waals surface area contributed by atoms with E-state index in [0.717, 1.165) is 11.6 Å². The molecular formula is C8H12N2O2S. The van der Waals surface area contributed by atoms with E-state index in [1.165, 1.54) is 0 Å². The molecule has 2 atom stereocenters. The van der Waals surface area contributed by atoms with E-state index in [0.29, 0.717) is 13.1 Å². The first-order valence-corrected chi connectivity index (χ1v) is 5.10. The number of aliphatic hydroxyl groups is 2. The van der Waals surface area contributed by atoms with Crippen LogP contribution >= 0.6 is 11.3 Å². The molecule has 1 aromatic heterocycles. The normalized spacial score (nSPS) is 29.7. The lowest BCUT2D eigenvalue weighted by atomic mass is 10.3. The number of aliphatic hydroxyl groups excluding tert-OH is 2. The Labute approximate surface area is 80.5 Å². The molecule has 0 radical (unpaired) electrons. The van der Waals surface area contributed by atoms with Crippen molar-refractivity contribution in [2.24, 2.45) is 0 Å². The van der Waals surface area contributed by atoms with Crippen LogP contribution in [0.2, 0.25) is 0 Å². The van der Waals surface area contributed by atoms with E-state index in [1.54, 1.807) is 17.5 Å². The summed E-state index contributed by atoms with van der Waals surface area (Å²) in [5.41, 5.74) is 0. The van der Waals surface area contributed by atoms with Crippen molar-refractivity contribution in [1.29, 1.82) is 0 Å². The van der Waals surface area contributed by atoms with Gasteiger partial charge in [0.1, 0.15) is 5.01 Å². The summed E-state index contributed by atoms with van der Waals surface area (Å²) in [7, 11) is 0. The zero-order valence-electron chi connectivity index (χ0n) is 7.13. The Morgan fingerprint density at radius 1 is 1.46 bits per heavy atom. The number of aromatic nitrogens is 1. The molecule has 2 N–H and O–H groups in total. The second kappa shape index (κ2) is 3.71. The van der Waals surface area contributed by atoms with E-state index in [-0.39, 0.29) is 0 Å². The second-order valence-electron chi connectivity index (χ2n) is 3.25. The fourth-order valence-electron chi connectivity index (χ4n) is 1.50. The summed E-state index contributed by atoms with van der Waals surface area (Å²) < 4.78 is 0. The minimum absolute atomic E-state index is 0.542. The van der Waals surface area contributed by atoms with Gasteiger partial charge in [0.25, 0.3) is 0 Å². The van der Waals surface area contributed by atoms with Crippen molar-refractivity contribution in [2.45, 2.75) is 18.8 Å². The van der Waals surface area contributed by atoms with E-state index in [2.05, 4.69) is 4.98 Å². The van der Waals surface area contributed by atoms with Gasteiger partial charge in [0.05, 0.1) is 18.8 Å². The summed E-state index contributed by atoms with van der Waals surface area (Å²) in [6.07, 6.45) is 0.572. The molecule has 1 aromatic rings. The first-order valence-electron chi connectivity index (χ1n) is 4.22. The van der Waals surface area contributed by atoms with E-state index >= 15 is 0 Å². The van der Waals surface area contributed by atoms with Gasteiger partial charge < -0.3 is 10.2 Å². The lowest BCUT2D eigenvalue weighted by molar-refractivity contribution is 0.0572. The molecule has 0 unspecified atom stereocenters. The molecule has 0 spiro atoms. The molecule has 2 heterocycles. The Balaban J connectivity index is 1.91. The number of nitrogens with zero attached hydrogens (tertiary/aromatic N) is 2. The van der Waals surface area contributed by atoms with Gasteiger partial charge in [0.15, 0.2) is 0 Å². The molecule has 5 heteroatoms. The predicted molar refractivity (Wildman–Crippen MR) is 49.4 cm³/mol. The summed E-state index contributed by atoms with van der Waals surface area (Å²) in [5.74, 6) is 0. The SMILES string of the molecule is O[C@@H]1CN(Cc2nccs2)C[C@@H]1O. The fraction of sp³-hybridized carbons (Fsp3) is 0.625. The highest BCUT2D eigenvalue weighted by molar-refractivity contribution is 7.09. The highest BCUT2D eigenvalue weighted by Crippen LogP contribution is 2.14. The largest absolute Gasteiger partial charge is 0.389 e. The minimum atomic E-state index is -0.597. The summed E-state index contributed by atoms with van der Waals surface area (Å²) >= 11 is 1.60.